The van der Waals surface area contributed by atoms with Crippen LogP contribution in [0.5, 0.6) is 0 Å². The predicted octanol–water partition coefficient (Wildman–Crippen LogP) is 3.66. The lowest BCUT2D eigenvalue weighted by Crippen LogP contribution is -2.05. The van der Waals surface area contributed by atoms with E-state index in [1.807, 2.05) is 13.0 Å². The van der Waals surface area contributed by atoms with Crippen LogP contribution in [0, 0.1) is 0 Å². The SMILES string of the molecule is CCC=C(CCCC)OC(=O)CCCCC(=O)O. The van der Waals surface area contributed by atoms with Gasteiger partial charge in [-0.1, -0.05) is 20.3 Å². The Hall–Kier alpha value is -1.32. The molecule has 104 valence electrons. The molecule has 0 aliphatic carbocycles. The minimum atomic E-state index is -0.821. The number of ether oxygens (including phenoxy) is 1. The summed E-state index contributed by atoms with van der Waals surface area (Å²) in [5.74, 6) is -0.323. The molecule has 0 spiro atoms. The smallest absolute Gasteiger partial charge is 0.310 e. The van der Waals surface area contributed by atoms with Gasteiger partial charge in [0.2, 0.25) is 0 Å². The summed E-state index contributed by atoms with van der Waals surface area (Å²) in [7, 11) is 0. The minimum absolute atomic E-state index is 0.112. The molecule has 0 heterocycles. The molecule has 0 aromatic heterocycles. The number of unbranched alkanes of at least 4 members (excludes halogenated alkanes) is 2. The molecule has 0 radical (unpaired) electrons. The molecule has 4 nitrogen and oxygen atoms in total. The van der Waals surface area contributed by atoms with Crippen molar-refractivity contribution in [3.8, 4) is 0 Å². The highest BCUT2D eigenvalue weighted by molar-refractivity contribution is 5.70. The van der Waals surface area contributed by atoms with E-state index in [0.29, 0.717) is 19.3 Å². The zero-order valence-electron chi connectivity index (χ0n) is 11.4. The molecule has 0 aromatic carbocycles. The maximum absolute atomic E-state index is 11.5. The summed E-state index contributed by atoms with van der Waals surface area (Å²) < 4.78 is 5.27. The Morgan fingerprint density at radius 3 is 2.28 bits per heavy atom. The van der Waals surface area contributed by atoms with Crippen molar-refractivity contribution in [1.29, 1.82) is 0 Å². The molecule has 0 saturated heterocycles. The van der Waals surface area contributed by atoms with Crippen LogP contribution in [0.4, 0.5) is 0 Å². The van der Waals surface area contributed by atoms with Gasteiger partial charge in [0.1, 0.15) is 5.76 Å². The van der Waals surface area contributed by atoms with Gasteiger partial charge in [-0.2, -0.15) is 0 Å². The second-order valence-electron chi connectivity index (χ2n) is 4.26. The number of aliphatic carboxylic acids is 1. The van der Waals surface area contributed by atoms with Crippen molar-refractivity contribution in [3.63, 3.8) is 0 Å². The Kier molecular flexibility index (Phi) is 10.0. The molecule has 0 aromatic rings. The highest BCUT2D eigenvalue weighted by Crippen LogP contribution is 2.12. The molecule has 0 fully saturated rings. The zero-order chi connectivity index (χ0) is 13.8. The summed E-state index contributed by atoms with van der Waals surface area (Å²) >= 11 is 0. The molecule has 0 rings (SSSR count). The summed E-state index contributed by atoms with van der Waals surface area (Å²) in [5.41, 5.74) is 0. The van der Waals surface area contributed by atoms with E-state index in [2.05, 4.69) is 6.92 Å². The number of carbonyl (C=O) groups excluding carboxylic acids is 1. The molecule has 0 bridgehead atoms. The van der Waals surface area contributed by atoms with Crippen molar-refractivity contribution >= 4 is 11.9 Å². The van der Waals surface area contributed by atoms with E-state index >= 15 is 0 Å². The molecule has 0 aliphatic heterocycles. The van der Waals surface area contributed by atoms with Crippen LogP contribution in [-0.4, -0.2) is 17.0 Å². The predicted molar refractivity (Wildman–Crippen MR) is 70.1 cm³/mol. The normalized spacial score (nSPS) is 11.3. The van der Waals surface area contributed by atoms with Gasteiger partial charge in [-0.25, -0.2) is 0 Å². The number of carbonyl (C=O) groups is 2. The number of rotatable bonds is 10. The topological polar surface area (TPSA) is 63.6 Å². The highest BCUT2D eigenvalue weighted by atomic mass is 16.5. The first-order chi connectivity index (χ1) is 8.60. The Morgan fingerprint density at radius 2 is 1.72 bits per heavy atom. The van der Waals surface area contributed by atoms with E-state index < -0.39 is 5.97 Å². The Labute approximate surface area is 109 Å². The molecule has 0 unspecified atom stereocenters. The highest BCUT2D eigenvalue weighted by Gasteiger charge is 2.07. The van der Waals surface area contributed by atoms with Gasteiger partial charge in [0, 0.05) is 19.3 Å². The van der Waals surface area contributed by atoms with Gasteiger partial charge in [-0.05, 0) is 31.8 Å². The number of allylic oxidation sites excluding steroid dienone is 2. The standard InChI is InChI=1S/C14H24O4/c1-3-5-9-12(8-4-2)18-14(17)11-7-6-10-13(15)16/h8H,3-7,9-11H2,1-2H3,(H,15,16). The Balaban J connectivity index is 3.87. The van der Waals surface area contributed by atoms with Crippen molar-refractivity contribution in [2.24, 2.45) is 0 Å². The number of carboxylic acid groups (broad SMARTS) is 1. The number of esters is 1. The van der Waals surface area contributed by atoms with Crippen LogP contribution in [0.3, 0.4) is 0 Å². The first-order valence-corrected chi connectivity index (χ1v) is 6.71. The van der Waals surface area contributed by atoms with Crippen molar-refractivity contribution in [2.45, 2.75) is 65.2 Å². The lowest BCUT2D eigenvalue weighted by Gasteiger charge is -2.08. The molecule has 0 saturated carbocycles. The largest absolute Gasteiger partial charge is 0.481 e. The first-order valence-electron chi connectivity index (χ1n) is 6.71. The van der Waals surface area contributed by atoms with E-state index in [9.17, 15) is 9.59 Å². The lowest BCUT2D eigenvalue weighted by atomic mass is 10.2. The average Bonchev–Trinajstić information content (AvgIpc) is 2.31. The number of hydrogen-bond acceptors (Lipinski definition) is 3. The van der Waals surface area contributed by atoms with E-state index in [1.165, 1.54) is 0 Å². The van der Waals surface area contributed by atoms with Gasteiger partial charge in [0.15, 0.2) is 0 Å². The van der Waals surface area contributed by atoms with Crippen LogP contribution in [0.1, 0.15) is 65.2 Å². The molecule has 0 amide bonds. The second-order valence-corrected chi connectivity index (χ2v) is 4.26. The Bertz CT molecular complexity index is 282. The van der Waals surface area contributed by atoms with Crippen molar-refractivity contribution in [1.82, 2.24) is 0 Å². The van der Waals surface area contributed by atoms with Crippen molar-refractivity contribution in [3.05, 3.63) is 11.8 Å². The molecule has 18 heavy (non-hydrogen) atoms. The molecular formula is C14H24O4. The van der Waals surface area contributed by atoms with Crippen LogP contribution in [0.25, 0.3) is 0 Å². The Morgan fingerprint density at radius 1 is 1.06 bits per heavy atom. The molecule has 0 aliphatic rings. The van der Waals surface area contributed by atoms with Gasteiger partial charge in [-0.15, -0.1) is 0 Å². The van der Waals surface area contributed by atoms with Gasteiger partial charge < -0.3 is 9.84 Å². The van der Waals surface area contributed by atoms with Crippen LogP contribution in [-0.2, 0) is 14.3 Å². The molecule has 4 heteroatoms. The quantitative estimate of drug-likeness (QED) is 0.368. The molecule has 1 N–H and O–H groups in total. The van der Waals surface area contributed by atoms with Gasteiger partial charge in [0.05, 0.1) is 0 Å². The summed E-state index contributed by atoms with van der Waals surface area (Å²) in [6.45, 7) is 4.10. The zero-order valence-corrected chi connectivity index (χ0v) is 11.4. The summed E-state index contributed by atoms with van der Waals surface area (Å²) in [6, 6.07) is 0. The maximum atomic E-state index is 11.5. The van der Waals surface area contributed by atoms with Crippen LogP contribution in [0.2, 0.25) is 0 Å². The molecule has 0 atom stereocenters. The van der Waals surface area contributed by atoms with Crippen LogP contribution < -0.4 is 0 Å². The third kappa shape index (κ3) is 9.87. The van der Waals surface area contributed by atoms with E-state index in [-0.39, 0.29) is 12.4 Å². The van der Waals surface area contributed by atoms with E-state index in [1.54, 1.807) is 0 Å². The molecular weight excluding hydrogens is 232 g/mol. The fraction of sp³-hybridized carbons (Fsp3) is 0.714. The monoisotopic (exact) mass is 256 g/mol. The van der Waals surface area contributed by atoms with Gasteiger partial charge in [0.25, 0.3) is 0 Å². The third-order valence-electron chi connectivity index (χ3n) is 2.47. The lowest BCUT2D eigenvalue weighted by molar-refractivity contribution is -0.141. The van der Waals surface area contributed by atoms with E-state index in [4.69, 9.17) is 9.84 Å². The summed E-state index contributed by atoms with van der Waals surface area (Å²) in [6.07, 6.45) is 7.16. The fourth-order valence-corrected chi connectivity index (χ4v) is 1.52. The van der Waals surface area contributed by atoms with Crippen LogP contribution in [0.15, 0.2) is 11.8 Å². The van der Waals surface area contributed by atoms with Crippen molar-refractivity contribution < 1.29 is 19.4 Å². The first kappa shape index (κ1) is 16.7. The fourth-order valence-electron chi connectivity index (χ4n) is 1.52. The maximum Gasteiger partial charge on any atom is 0.310 e. The van der Waals surface area contributed by atoms with Crippen LogP contribution >= 0.6 is 0 Å². The summed E-state index contributed by atoms with van der Waals surface area (Å²) in [4.78, 5) is 21.8. The van der Waals surface area contributed by atoms with Gasteiger partial charge in [-0.3, -0.25) is 9.59 Å². The number of carboxylic acids is 1. The van der Waals surface area contributed by atoms with Gasteiger partial charge >= 0.3 is 11.9 Å². The average molecular weight is 256 g/mol. The second kappa shape index (κ2) is 10.8. The van der Waals surface area contributed by atoms with E-state index in [0.717, 1.165) is 31.4 Å². The number of hydrogen-bond donors (Lipinski definition) is 1. The summed E-state index contributed by atoms with van der Waals surface area (Å²) in [5, 5.41) is 8.47. The third-order valence-corrected chi connectivity index (χ3v) is 2.47. The van der Waals surface area contributed by atoms with Crippen molar-refractivity contribution in [2.75, 3.05) is 0 Å². The minimum Gasteiger partial charge on any atom is -0.481 e.